The van der Waals surface area contributed by atoms with Crippen molar-refractivity contribution in [2.45, 2.75) is 31.8 Å². The first-order valence-electron chi connectivity index (χ1n) is 8.38. The fraction of sp³-hybridized carbons (Fsp3) is 0.733. The van der Waals surface area contributed by atoms with Crippen molar-refractivity contribution in [2.75, 3.05) is 39.0 Å². The molecule has 1 amide bonds. The van der Waals surface area contributed by atoms with Crippen LogP contribution < -0.4 is 5.32 Å². The van der Waals surface area contributed by atoms with Crippen molar-refractivity contribution in [1.82, 2.24) is 24.3 Å². The fourth-order valence-electron chi connectivity index (χ4n) is 3.49. The Hall–Kier alpha value is -1.16. The molecule has 0 aliphatic carbocycles. The maximum absolute atomic E-state index is 12.7. The van der Waals surface area contributed by atoms with E-state index >= 15 is 0 Å². The number of amides is 1. The molecule has 1 aromatic heterocycles. The van der Waals surface area contributed by atoms with E-state index in [9.17, 15) is 13.2 Å². The van der Waals surface area contributed by atoms with Gasteiger partial charge in [-0.15, -0.1) is 12.4 Å². The van der Waals surface area contributed by atoms with Crippen molar-refractivity contribution in [3.63, 3.8) is 0 Å². The summed E-state index contributed by atoms with van der Waals surface area (Å²) in [6, 6.07) is 1.83. The molecule has 25 heavy (non-hydrogen) atoms. The van der Waals surface area contributed by atoms with Gasteiger partial charge in [0.15, 0.2) is 0 Å². The molecule has 2 aliphatic heterocycles. The van der Waals surface area contributed by atoms with Crippen LogP contribution in [0.25, 0.3) is 0 Å². The van der Waals surface area contributed by atoms with Gasteiger partial charge in [0.2, 0.25) is 10.0 Å². The first-order valence-corrected chi connectivity index (χ1v) is 10.2. The van der Waals surface area contributed by atoms with E-state index in [0.717, 1.165) is 25.9 Å². The summed E-state index contributed by atoms with van der Waals surface area (Å²) in [4.78, 5) is 14.4. The van der Waals surface area contributed by atoms with Crippen LogP contribution in [0.4, 0.5) is 0 Å². The Labute approximate surface area is 155 Å². The van der Waals surface area contributed by atoms with Crippen molar-refractivity contribution in [2.24, 2.45) is 0 Å². The van der Waals surface area contributed by atoms with Crippen molar-refractivity contribution in [3.8, 4) is 0 Å². The van der Waals surface area contributed by atoms with E-state index in [-0.39, 0.29) is 24.4 Å². The molecular weight excluding hydrogens is 366 g/mol. The fourth-order valence-corrected chi connectivity index (χ4v) is 4.63. The molecule has 3 rings (SSSR count). The number of halogens is 1. The molecule has 2 saturated heterocycles. The predicted molar refractivity (Wildman–Crippen MR) is 97.5 cm³/mol. The van der Waals surface area contributed by atoms with Gasteiger partial charge in [-0.3, -0.25) is 9.48 Å². The number of nitrogens with one attached hydrogen (secondary N) is 1. The third kappa shape index (κ3) is 4.52. The van der Waals surface area contributed by atoms with Gasteiger partial charge in [-0.05, 0) is 32.4 Å². The molecule has 0 spiro atoms. The van der Waals surface area contributed by atoms with Crippen LogP contribution in [0, 0.1) is 0 Å². The van der Waals surface area contributed by atoms with Crippen LogP contribution in [0.15, 0.2) is 12.3 Å². The number of carbonyl (C=O) groups excluding carboxylic acids is 1. The van der Waals surface area contributed by atoms with Crippen LogP contribution in [-0.4, -0.2) is 78.3 Å². The first-order chi connectivity index (χ1) is 11.4. The summed E-state index contributed by atoms with van der Waals surface area (Å²) in [6.45, 7) is 4.86. The summed E-state index contributed by atoms with van der Waals surface area (Å²) in [5.41, 5.74) is 0.431. The quantitative estimate of drug-likeness (QED) is 0.802. The van der Waals surface area contributed by atoms with Gasteiger partial charge in [-0.25, -0.2) is 8.42 Å². The minimum Gasteiger partial charge on any atom is -0.334 e. The first kappa shape index (κ1) is 20.2. The largest absolute Gasteiger partial charge is 0.334 e. The molecule has 0 saturated carbocycles. The number of piperazine rings is 1. The highest BCUT2D eigenvalue weighted by atomic mass is 35.5. The zero-order chi connectivity index (χ0) is 17.3. The van der Waals surface area contributed by atoms with Gasteiger partial charge in [0, 0.05) is 38.4 Å². The number of piperidine rings is 1. The van der Waals surface area contributed by atoms with Crippen LogP contribution >= 0.6 is 12.4 Å². The molecule has 0 radical (unpaired) electrons. The molecule has 2 aliphatic rings. The van der Waals surface area contributed by atoms with Crippen LogP contribution in [0.2, 0.25) is 0 Å². The zero-order valence-electron chi connectivity index (χ0n) is 14.6. The zero-order valence-corrected chi connectivity index (χ0v) is 16.2. The van der Waals surface area contributed by atoms with Gasteiger partial charge in [0.05, 0.1) is 12.3 Å². The lowest BCUT2D eigenvalue weighted by Gasteiger charge is -2.38. The van der Waals surface area contributed by atoms with Gasteiger partial charge in [-0.1, -0.05) is 0 Å². The normalized spacial score (nSPS) is 25.4. The number of aromatic nitrogens is 2. The van der Waals surface area contributed by atoms with Gasteiger partial charge >= 0.3 is 0 Å². The molecule has 1 N–H and O–H groups in total. The average Bonchev–Trinajstić information content (AvgIpc) is 3.03. The Morgan fingerprint density at radius 2 is 2.12 bits per heavy atom. The third-order valence-electron chi connectivity index (χ3n) is 4.75. The monoisotopic (exact) mass is 391 g/mol. The number of sulfonamides is 1. The van der Waals surface area contributed by atoms with E-state index in [1.54, 1.807) is 11.0 Å². The van der Waals surface area contributed by atoms with Crippen molar-refractivity contribution in [1.29, 1.82) is 0 Å². The van der Waals surface area contributed by atoms with Gasteiger partial charge in [0.25, 0.3) is 5.91 Å². The predicted octanol–water partition coefficient (Wildman–Crippen LogP) is 0.335. The molecule has 10 heteroatoms. The Balaban J connectivity index is 0.00000225. The Morgan fingerprint density at radius 3 is 2.72 bits per heavy atom. The van der Waals surface area contributed by atoms with Gasteiger partial charge in [-0.2, -0.15) is 9.40 Å². The molecule has 2 atom stereocenters. The molecule has 3 heterocycles. The minimum absolute atomic E-state index is 0. The summed E-state index contributed by atoms with van der Waals surface area (Å²) in [5, 5.41) is 7.80. The van der Waals surface area contributed by atoms with Crippen molar-refractivity contribution >= 4 is 28.3 Å². The second-order valence-electron chi connectivity index (χ2n) is 6.66. The summed E-state index contributed by atoms with van der Waals surface area (Å²) in [7, 11) is -3.23. The molecule has 0 aromatic carbocycles. The summed E-state index contributed by atoms with van der Waals surface area (Å²) in [6.07, 6.45) is 5.24. The summed E-state index contributed by atoms with van der Waals surface area (Å²) in [5.74, 6) is -0.127. The SMILES string of the molecule is C[C@H]1CN(C(=O)c2ccn(C3CCCNC3)n2)CCN1S(C)(=O)=O.Cl. The summed E-state index contributed by atoms with van der Waals surface area (Å²) < 4.78 is 26.8. The Morgan fingerprint density at radius 1 is 1.36 bits per heavy atom. The second-order valence-corrected chi connectivity index (χ2v) is 8.59. The standard InChI is InChI=1S/C15H25N5O3S.ClH/c1-12-11-18(8-9-20(12)24(2,22)23)15(21)14-5-7-19(17-14)13-4-3-6-16-10-13;/h5,7,12-13,16H,3-4,6,8-11H2,1-2H3;1H/t12-,13?;/m0./s1. The van der Waals surface area contributed by atoms with Crippen molar-refractivity contribution < 1.29 is 13.2 Å². The average molecular weight is 392 g/mol. The van der Waals surface area contributed by atoms with E-state index in [0.29, 0.717) is 31.4 Å². The van der Waals surface area contributed by atoms with E-state index in [4.69, 9.17) is 0 Å². The maximum Gasteiger partial charge on any atom is 0.274 e. The molecule has 0 bridgehead atoms. The van der Waals surface area contributed by atoms with Crippen molar-refractivity contribution in [3.05, 3.63) is 18.0 Å². The Kier molecular flexibility index (Phi) is 6.47. The highest BCUT2D eigenvalue weighted by molar-refractivity contribution is 7.88. The topological polar surface area (TPSA) is 87.5 Å². The van der Waals surface area contributed by atoms with E-state index < -0.39 is 10.0 Å². The minimum atomic E-state index is -3.23. The summed E-state index contributed by atoms with van der Waals surface area (Å²) >= 11 is 0. The maximum atomic E-state index is 12.7. The number of hydrogen-bond acceptors (Lipinski definition) is 5. The van der Waals surface area contributed by atoms with E-state index in [1.165, 1.54) is 10.6 Å². The Bertz CT molecular complexity index is 702. The smallest absolute Gasteiger partial charge is 0.274 e. The van der Waals surface area contributed by atoms with Crippen LogP contribution in [0.5, 0.6) is 0 Å². The molecule has 1 aromatic rings. The number of nitrogens with zero attached hydrogens (tertiary/aromatic N) is 4. The number of hydrogen-bond donors (Lipinski definition) is 1. The molecular formula is C15H26ClN5O3S. The molecule has 1 unspecified atom stereocenters. The molecule has 8 nitrogen and oxygen atoms in total. The highest BCUT2D eigenvalue weighted by Crippen LogP contribution is 2.18. The van der Waals surface area contributed by atoms with E-state index in [2.05, 4.69) is 10.4 Å². The van der Waals surface area contributed by atoms with Crippen LogP contribution in [-0.2, 0) is 10.0 Å². The second kappa shape index (κ2) is 8.03. The third-order valence-corrected chi connectivity index (χ3v) is 6.15. The van der Waals surface area contributed by atoms with Gasteiger partial charge < -0.3 is 10.2 Å². The number of rotatable bonds is 3. The molecule has 2 fully saturated rings. The van der Waals surface area contributed by atoms with Crippen LogP contribution in [0.3, 0.4) is 0 Å². The van der Waals surface area contributed by atoms with Crippen LogP contribution in [0.1, 0.15) is 36.3 Å². The van der Waals surface area contributed by atoms with E-state index in [1.807, 2.05) is 17.8 Å². The van der Waals surface area contributed by atoms with Gasteiger partial charge in [0.1, 0.15) is 5.69 Å². The lowest BCUT2D eigenvalue weighted by Crippen LogP contribution is -2.55. The highest BCUT2D eigenvalue weighted by Gasteiger charge is 2.32. The molecule has 142 valence electrons. The number of carbonyl (C=O) groups is 1. The lowest BCUT2D eigenvalue weighted by molar-refractivity contribution is 0.0635. The lowest BCUT2D eigenvalue weighted by atomic mass is 10.1.